The van der Waals surface area contributed by atoms with Gasteiger partial charge in [0.2, 0.25) is 15.9 Å². The van der Waals surface area contributed by atoms with E-state index in [0.717, 1.165) is 50.8 Å². The van der Waals surface area contributed by atoms with Gasteiger partial charge in [0.25, 0.3) is 0 Å². The van der Waals surface area contributed by atoms with Gasteiger partial charge < -0.3 is 14.7 Å². The zero-order chi connectivity index (χ0) is 27.3. The van der Waals surface area contributed by atoms with Crippen molar-refractivity contribution in [3.8, 4) is 0 Å². The SMILES string of the molecule is CS(=O)(=O)NCCN1CN(c2ccccc2)C2(CCN(CCC(c3ccccc3)c3ccccc3)CC2)C1=O. The number of sulfonamides is 1. The fourth-order valence-corrected chi connectivity index (χ4v) is 6.56. The Bertz CT molecular complexity index is 1290. The first-order chi connectivity index (χ1) is 18.9. The fraction of sp³-hybridized carbons (Fsp3) is 0.387. The molecular weight excluding hydrogens is 508 g/mol. The van der Waals surface area contributed by atoms with Crippen molar-refractivity contribution in [2.24, 2.45) is 0 Å². The van der Waals surface area contributed by atoms with Crippen LogP contribution in [0.4, 0.5) is 5.69 Å². The molecule has 0 atom stereocenters. The van der Waals surface area contributed by atoms with Gasteiger partial charge >= 0.3 is 0 Å². The smallest absolute Gasteiger partial charge is 0.250 e. The van der Waals surface area contributed by atoms with Crippen LogP contribution in [0.5, 0.6) is 0 Å². The number of anilines is 1. The van der Waals surface area contributed by atoms with Gasteiger partial charge in [0.05, 0.1) is 12.9 Å². The lowest BCUT2D eigenvalue weighted by molar-refractivity contribution is -0.133. The number of hydrogen-bond donors (Lipinski definition) is 1. The van der Waals surface area contributed by atoms with Gasteiger partial charge in [-0.3, -0.25) is 4.79 Å². The van der Waals surface area contributed by atoms with E-state index >= 15 is 0 Å². The van der Waals surface area contributed by atoms with Crippen molar-refractivity contribution in [1.82, 2.24) is 14.5 Å². The number of carbonyl (C=O) groups excluding carboxylic acids is 1. The van der Waals surface area contributed by atoms with Crippen LogP contribution >= 0.6 is 0 Å². The zero-order valence-corrected chi connectivity index (χ0v) is 23.4. The zero-order valence-electron chi connectivity index (χ0n) is 22.6. The van der Waals surface area contributed by atoms with Gasteiger partial charge in [-0.1, -0.05) is 78.9 Å². The highest BCUT2D eigenvalue weighted by atomic mass is 32.2. The summed E-state index contributed by atoms with van der Waals surface area (Å²) in [6.45, 7) is 3.71. The van der Waals surface area contributed by atoms with Gasteiger partial charge in [-0.2, -0.15) is 0 Å². The lowest BCUT2D eigenvalue weighted by Crippen LogP contribution is -2.56. The molecular formula is C31H38N4O3S. The van der Waals surface area contributed by atoms with E-state index in [1.165, 1.54) is 11.1 Å². The number of rotatable bonds is 10. The number of nitrogens with zero attached hydrogens (tertiary/aromatic N) is 3. The fourth-order valence-electron chi connectivity index (χ4n) is 6.09. The number of amides is 1. The first kappa shape index (κ1) is 27.4. The van der Waals surface area contributed by atoms with Gasteiger partial charge in [-0.25, -0.2) is 13.1 Å². The number of piperidine rings is 1. The molecule has 0 saturated carbocycles. The van der Waals surface area contributed by atoms with Crippen LogP contribution in [0, 0.1) is 0 Å². The molecule has 3 aromatic rings. The van der Waals surface area contributed by atoms with Crippen molar-refractivity contribution in [1.29, 1.82) is 0 Å². The molecule has 0 aliphatic carbocycles. The summed E-state index contributed by atoms with van der Waals surface area (Å²) in [6.07, 6.45) is 3.66. The van der Waals surface area contributed by atoms with Crippen LogP contribution in [-0.2, 0) is 14.8 Å². The molecule has 5 rings (SSSR count). The number of para-hydroxylation sites is 1. The quantitative estimate of drug-likeness (QED) is 0.418. The van der Waals surface area contributed by atoms with Crippen LogP contribution in [0.1, 0.15) is 36.3 Å². The highest BCUT2D eigenvalue weighted by Gasteiger charge is 2.53. The average Bonchev–Trinajstić information content (AvgIpc) is 3.21. The van der Waals surface area contributed by atoms with Crippen LogP contribution < -0.4 is 9.62 Å². The molecule has 1 amide bonds. The summed E-state index contributed by atoms with van der Waals surface area (Å²) in [5.74, 6) is 0.433. The molecule has 2 aliphatic heterocycles. The Labute approximate surface area is 232 Å². The van der Waals surface area contributed by atoms with Gasteiger partial charge in [-0.15, -0.1) is 0 Å². The topological polar surface area (TPSA) is 73.0 Å². The number of likely N-dealkylation sites (tertiary alicyclic amines) is 1. The summed E-state index contributed by atoms with van der Waals surface area (Å²) >= 11 is 0. The highest BCUT2D eigenvalue weighted by molar-refractivity contribution is 7.88. The number of benzene rings is 3. The minimum atomic E-state index is -3.30. The maximum atomic E-state index is 13.9. The van der Waals surface area contributed by atoms with Gasteiger partial charge in [0.15, 0.2) is 0 Å². The lowest BCUT2D eigenvalue weighted by atomic mass is 9.84. The Hall–Kier alpha value is -3.20. The Morgan fingerprint density at radius 2 is 1.36 bits per heavy atom. The minimum Gasteiger partial charge on any atom is -0.339 e. The molecule has 1 N–H and O–H groups in total. The molecule has 2 fully saturated rings. The monoisotopic (exact) mass is 546 g/mol. The molecule has 0 unspecified atom stereocenters. The summed E-state index contributed by atoms with van der Waals surface area (Å²) in [7, 11) is -3.30. The second kappa shape index (κ2) is 11.9. The van der Waals surface area contributed by atoms with Gasteiger partial charge in [0.1, 0.15) is 5.54 Å². The van der Waals surface area contributed by atoms with E-state index in [-0.39, 0.29) is 12.5 Å². The maximum absolute atomic E-state index is 13.9. The molecule has 2 saturated heterocycles. The number of nitrogens with one attached hydrogen (secondary N) is 1. The molecule has 2 heterocycles. The van der Waals surface area contributed by atoms with Gasteiger partial charge in [0, 0.05) is 37.8 Å². The summed E-state index contributed by atoms with van der Waals surface area (Å²) in [6, 6.07) is 31.5. The van der Waals surface area contributed by atoms with E-state index in [1.807, 2.05) is 23.1 Å². The highest BCUT2D eigenvalue weighted by Crippen LogP contribution is 2.39. The molecule has 7 nitrogen and oxygen atoms in total. The first-order valence-electron chi connectivity index (χ1n) is 13.7. The van der Waals surface area contributed by atoms with Crippen molar-refractivity contribution >= 4 is 21.6 Å². The molecule has 3 aromatic carbocycles. The summed E-state index contributed by atoms with van der Waals surface area (Å²) in [5, 5.41) is 0. The Balaban J connectivity index is 1.28. The largest absolute Gasteiger partial charge is 0.339 e. The van der Waals surface area contributed by atoms with Crippen molar-refractivity contribution in [2.45, 2.75) is 30.7 Å². The molecule has 0 radical (unpaired) electrons. The normalized spacial score (nSPS) is 17.8. The summed E-state index contributed by atoms with van der Waals surface area (Å²) < 4.78 is 25.7. The second-order valence-electron chi connectivity index (χ2n) is 10.7. The molecule has 0 aromatic heterocycles. The third kappa shape index (κ3) is 6.35. The van der Waals surface area contributed by atoms with Crippen molar-refractivity contribution in [3.63, 3.8) is 0 Å². The van der Waals surface area contributed by atoms with Crippen LogP contribution in [0.3, 0.4) is 0 Å². The van der Waals surface area contributed by atoms with Crippen LogP contribution in [0.15, 0.2) is 91.0 Å². The summed E-state index contributed by atoms with van der Waals surface area (Å²) in [4.78, 5) is 20.4. The Morgan fingerprint density at radius 1 is 0.821 bits per heavy atom. The molecule has 0 bridgehead atoms. The molecule has 1 spiro atoms. The number of carbonyl (C=O) groups is 1. The van der Waals surface area contributed by atoms with E-state index in [4.69, 9.17) is 0 Å². The van der Waals surface area contributed by atoms with E-state index < -0.39 is 15.6 Å². The Kier molecular flexibility index (Phi) is 8.35. The predicted molar refractivity (Wildman–Crippen MR) is 156 cm³/mol. The molecule has 206 valence electrons. The molecule has 8 heteroatoms. The first-order valence-corrected chi connectivity index (χ1v) is 15.6. The van der Waals surface area contributed by atoms with Crippen molar-refractivity contribution < 1.29 is 13.2 Å². The minimum absolute atomic E-state index is 0.104. The standard InChI is InChI=1S/C31H38N4O3S/c1-39(37,38)32-20-24-34-25-35(28-15-9-4-10-16-28)31(30(34)36)18-22-33(23-19-31)21-17-29(26-11-5-2-6-12-26)27-13-7-3-8-14-27/h2-16,29,32H,17-25H2,1H3. The maximum Gasteiger partial charge on any atom is 0.250 e. The number of hydrogen-bond acceptors (Lipinski definition) is 5. The third-order valence-electron chi connectivity index (χ3n) is 8.15. The van der Waals surface area contributed by atoms with E-state index in [9.17, 15) is 13.2 Å². The van der Waals surface area contributed by atoms with Crippen molar-refractivity contribution in [2.75, 3.05) is 50.5 Å². The molecule has 39 heavy (non-hydrogen) atoms. The predicted octanol–water partition coefficient (Wildman–Crippen LogP) is 3.90. The average molecular weight is 547 g/mol. The lowest BCUT2D eigenvalue weighted by Gasteiger charge is -2.43. The third-order valence-corrected chi connectivity index (χ3v) is 8.88. The van der Waals surface area contributed by atoms with Crippen molar-refractivity contribution in [3.05, 3.63) is 102 Å². The summed E-state index contributed by atoms with van der Waals surface area (Å²) in [5.41, 5.74) is 3.10. The van der Waals surface area contributed by atoms with Gasteiger partial charge in [-0.05, 0) is 49.1 Å². The van der Waals surface area contributed by atoms with Crippen LogP contribution in [-0.4, -0.2) is 75.3 Å². The molecule has 2 aliphatic rings. The second-order valence-corrected chi connectivity index (χ2v) is 12.5. The van der Waals surface area contributed by atoms with E-state index in [0.29, 0.717) is 19.1 Å². The van der Waals surface area contributed by atoms with Crippen LogP contribution in [0.2, 0.25) is 0 Å². The van der Waals surface area contributed by atoms with E-state index in [2.05, 4.69) is 87.3 Å². The van der Waals surface area contributed by atoms with E-state index in [1.54, 1.807) is 0 Å². The Morgan fingerprint density at radius 3 is 1.90 bits per heavy atom. The van der Waals surface area contributed by atoms with Crippen LogP contribution in [0.25, 0.3) is 0 Å².